The van der Waals surface area contributed by atoms with Gasteiger partial charge in [0, 0.05) is 13.1 Å². The molecule has 4 atom stereocenters. The molecule has 0 fully saturated rings. The van der Waals surface area contributed by atoms with Crippen LogP contribution in [-0.4, -0.2) is 49.2 Å². The molecule has 4 unspecified atom stereocenters. The van der Waals surface area contributed by atoms with Crippen molar-refractivity contribution < 1.29 is 28.7 Å². The molecule has 4 N–H and O–H groups in total. The Bertz CT molecular complexity index is 1160. The Hall–Kier alpha value is -4.08. The Labute approximate surface area is 313 Å². The van der Waals surface area contributed by atoms with Crippen molar-refractivity contribution in [3.63, 3.8) is 0 Å². The van der Waals surface area contributed by atoms with Gasteiger partial charge in [-0.1, -0.05) is 165 Å². The molecule has 10 heteroatoms. The lowest BCUT2D eigenvalue weighted by molar-refractivity contribution is -0.125. The number of amides is 4. The zero-order valence-corrected chi connectivity index (χ0v) is 32.3. The lowest BCUT2D eigenvalue weighted by Gasteiger charge is -2.23. The number of hydrogen-bond donors (Lipinski definition) is 4. The summed E-state index contributed by atoms with van der Waals surface area (Å²) in [5.41, 5.74) is 1.80. The van der Waals surface area contributed by atoms with E-state index in [0.717, 1.165) is 62.5 Å². The molecule has 4 amide bonds. The summed E-state index contributed by atoms with van der Waals surface area (Å²) in [5.74, 6) is -0.314. The van der Waals surface area contributed by atoms with Crippen molar-refractivity contribution in [3.05, 3.63) is 71.8 Å². The maximum Gasteiger partial charge on any atom is 0.408 e. The first kappa shape index (κ1) is 44.1. The third-order valence-electron chi connectivity index (χ3n) is 9.67. The molecule has 0 saturated carbocycles. The standard InChI is InChI=1S/C42H66N4O6/c1-5-33(3)37(45-41(49)51-31-35-25-19-17-20-26-35)39(47)43-29-23-15-13-11-9-7-8-10-12-14-16-24-30-44-40(48)38(34(4)6-2)46-42(50)52-32-36-27-21-18-22-28-36/h17-22,25-28,33-34,37-38H,5-16,23-24,29-32H2,1-4H3,(H,43,47)(H,44,48)(H,45,49)(H,46,50). The van der Waals surface area contributed by atoms with Crippen molar-refractivity contribution in [2.24, 2.45) is 11.8 Å². The fourth-order valence-corrected chi connectivity index (χ4v) is 5.85. The van der Waals surface area contributed by atoms with E-state index in [0.29, 0.717) is 13.1 Å². The van der Waals surface area contributed by atoms with Gasteiger partial charge < -0.3 is 30.7 Å². The first-order valence-corrected chi connectivity index (χ1v) is 19.7. The van der Waals surface area contributed by atoms with Crippen LogP contribution in [0.4, 0.5) is 9.59 Å². The van der Waals surface area contributed by atoms with E-state index in [1.54, 1.807) is 0 Å². The number of nitrogens with one attached hydrogen (secondary N) is 4. The lowest BCUT2D eigenvalue weighted by atomic mass is 9.98. The van der Waals surface area contributed by atoms with E-state index in [1.165, 1.54) is 38.5 Å². The van der Waals surface area contributed by atoms with Crippen LogP contribution in [0, 0.1) is 11.8 Å². The van der Waals surface area contributed by atoms with Crippen LogP contribution in [0.25, 0.3) is 0 Å². The summed E-state index contributed by atoms with van der Waals surface area (Å²) >= 11 is 0. The SMILES string of the molecule is CCC(C)C(NC(=O)OCc1ccccc1)C(=O)NCCCCCCCCCCCCCCNC(=O)C(NC(=O)OCc1ccccc1)C(C)CC. The highest BCUT2D eigenvalue weighted by molar-refractivity contribution is 5.86. The Kier molecular flexibility index (Phi) is 23.4. The smallest absolute Gasteiger partial charge is 0.408 e. The third kappa shape index (κ3) is 19.5. The van der Waals surface area contributed by atoms with Crippen molar-refractivity contribution in [2.75, 3.05) is 13.1 Å². The van der Waals surface area contributed by atoms with Crippen molar-refractivity contribution >= 4 is 24.0 Å². The van der Waals surface area contributed by atoms with Gasteiger partial charge >= 0.3 is 12.2 Å². The zero-order valence-electron chi connectivity index (χ0n) is 32.3. The summed E-state index contributed by atoms with van der Waals surface area (Å²) in [6, 6.07) is 17.7. The first-order valence-electron chi connectivity index (χ1n) is 19.7. The van der Waals surface area contributed by atoms with Gasteiger partial charge in [-0.15, -0.1) is 0 Å². The number of benzene rings is 2. The van der Waals surface area contributed by atoms with Gasteiger partial charge in [-0.05, 0) is 35.8 Å². The predicted molar refractivity (Wildman–Crippen MR) is 207 cm³/mol. The van der Waals surface area contributed by atoms with Crippen LogP contribution in [0.3, 0.4) is 0 Å². The fourth-order valence-electron chi connectivity index (χ4n) is 5.85. The molecule has 0 bridgehead atoms. The second-order valence-corrected chi connectivity index (χ2v) is 14.0. The van der Waals surface area contributed by atoms with Crippen LogP contribution >= 0.6 is 0 Å². The zero-order chi connectivity index (χ0) is 37.8. The Morgan fingerprint density at radius 1 is 0.500 bits per heavy atom. The number of hydrogen-bond acceptors (Lipinski definition) is 6. The van der Waals surface area contributed by atoms with E-state index in [-0.39, 0.29) is 36.9 Å². The number of rotatable bonds is 27. The van der Waals surface area contributed by atoms with E-state index in [4.69, 9.17) is 9.47 Å². The molecule has 0 aromatic heterocycles. The molecule has 0 radical (unpaired) electrons. The molecule has 0 saturated heterocycles. The second kappa shape index (κ2) is 27.6. The van der Waals surface area contributed by atoms with E-state index in [2.05, 4.69) is 21.3 Å². The van der Waals surface area contributed by atoms with Gasteiger partial charge in [0.25, 0.3) is 0 Å². The summed E-state index contributed by atoms with van der Waals surface area (Å²) in [7, 11) is 0. The molecular formula is C42H66N4O6. The van der Waals surface area contributed by atoms with E-state index >= 15 is 0 Å². The average molecular weight is 723 g/mol. The lowest BCUT2D eigenvalue weighted by Crippen LogP contribution is -2.50. The second-order valence-electron chi connectivity index (χ2n) is 14.0. The number of unbranched alkanes of at least 4 members (excludes halogenated alkanes) is 11. The van der Waals surface area contributed by atoms with Crippen LogP contribution in [0.1, 0.15) is 129 Å². The molecule has 2 rings (SSSR count). The Balaban J connectivity index is 1.45. The molecule has 52 heavy (non-hydrogen) atoms. The largest absolute Gasteiger partial charge is 0.445 e. The summed E-state index contributed by atoms with van der Waals surface area (Å²) in [4.78, 5) is 50.4. The minimum absolute atomic E-state index is 0.00163. The van der Waals surface area contributed by atoms with Crippen LogP contribution < -0.4 is 21.3 Å². The van der Waals surface area contributed by atoms with Crippen LogP contribution in [0.5, 0.6) is 0 Å². The van der Waals surface area contributed by atoms with Gasteiger partial charge in [-0.25, -0.2) is 9.59 Å². The minimum Gasteiger partial charge on any atom is -0.445 e. The number of alkyl carbamates (subject to hydrolysis) is 2. The monoisotopic (exact) mass is 722 g/mol. The molecule has 10 nitrogen and oxygen atoms in total. The maximum absolute atomic E-state index is 12.8. The Morgan fingerprint density at radius 2 is 0.808 bits per heavy atom. The Morgan fingerprint density at radius 3 is 1.12 bits per heavy atom. The van der Waals surface area contributed by atoms with Crippen molar-refractivity contribution in [1.82, 2.24) is 21.3 Å². The highest BCUT2D eigenvalue weighted by Gasteiger charge is 2.27. The van der Waals surface area contributed by atoms with E-state index < -0.39 is 24.3 Å². The first-order chi connectivity index (χ1) is 25.2. The van der Waals surface area contributed by atoms with Crippen LogP contribution in [0.15, 0.2) is 60.7 Å². The molecular weight excluding hydrogens is 656 g/mol. The summed E-state index contributed by atoms with van der Waals surface area (Å²) in [6.45, 7) is 9.49. The maximum atomic E-state index is 12.8. The van der Waals surface area contributed by atoms with Gasteiger partial charge in [0.05, 0.1) is 0 Å². The molecule has 0 heterocycles. The predicted octanol–water partition coefficient (Wildman–Crippen LogP) is 8.58. The van der Waals surface area contributed by atoms with E-state index in [9.17, 15) is 19.2 Å². The quantitative estimate of drug-likeness (QED) is 0.0683. The number of carbonyl (C=O) groups is 4. The van der Waals surface area contributed by atoms with Gasteiger partial charge in [-0.2, -0.15) is 0 Å². The number of carbonyl (C=O) groups excluding carboxylic acids is 4. The van der Waals surface area contributed by atoms with Gasteiger partial charge in [0.15, 0.2) is 0 Å². The summed E-state index contributed by atoms with van der Waals surface area (Å²) < 4.78 is 10.6. The van der Waals surface area contributed by atoms with Crippen molar-refractivity contribution in [1.29, 1.82) is 0 Å². The third-order valence-corrected chi connectivity index (χ3v) is 9.67. The fraction of sp³-hybridized carbons (Fsp3) is 0.619. The minimum atomic E-state index is -0.617. The van der Waals surface area contributed by atoms with Gasteiger partial charge in [-0.3, -0.25) is 9.59 Å². The topological polar surface area (TPSA) is 135 Å². The molecule has 2 aromatic carbocycles. The average Bonchev–Trinajstić information content (AvgIpc) is 3.17. The van der Waals surface area contributed by atoms with Gasteiger partial charge in [0.2, 0.25) is 11.8 Å². The van der Waals surface area contributed by atoms with Crippen molar-refractivity contribution in [2.45, 2.75) is 143 Å². The molecule has 2 aromatic rings. The highest BCUT2D eigenvalue weighted by atomic mass is 16.6. The molecule has 0 spiro atoms. The van der Waals surface area contributed by atoms with Gasteiger partial charge in [0.1, 0.15) is 25.3 Å². The molecule has 0 aliphatic rings. The number of ether oxygens (including phenoxy) is 2. The van der Waals surface area contributed by atoms with Crippen LogP contribution in [-0.2, 0) is 32.3 Å². The summed E-state index contributed by atoms with van der Waals surface area (Å²) in [5, 5.41) is 11.5. The van der Waals surface area contributed by atoms with Crippen molar-refractivity contribution in [3.8, 4) is 0 Å². The summed E-state index contributed by atoms with van der Waals surface area (Å²) in [6.07, 6.45) is 14.0. The molecule has 0 aliphatic carbocycles. The normalized spacial score (nSPS) is 13.2. The molecule has 290 valence electrons. The molecule has 0 aliphatic heterocycles. The van der Waals surface area contributed by atoms with Crippen LogP contribution in [0.2, 0.25) is 0 Å². The highest BCUT2D eigenvalue weighted by Crippen LogP contribution is 2.14. The van der Waals surface area contributed by atoms with E-state index in [1.807, 2.05) is 88.4 Å².